The molecule has 11 heteroatoms. The van der Waals surface area contributed by atoms with E-state index in [1.54, 1.807) is 6.07 Å². The third-order valence-electron chi connectivity index (χ3n) is 5.09. The average molecular weight is 488 g/mol. The van der Waals surface area contributed by atoms with Crippen LogP contribution in [0.1, 0.15) is 41.7 Å². The number of hydrogen-bond donors (Lipinski definition) is 1. The van der Waals surface area contributed by atoms with Gasteiger partial charge in [-0.05, 0) is 24.3 Å². The summed E-state index contributed by atoms with van der Waals surface area (Å²) < 4.78 is 40.8. The van der Waals surface area contributed by atoms with Crippen molar-refractivity contribution >= 4 is 33.3 Å². The molecule has 0 radical (unpaired) electrons. The maximum atomic E-state index is 13.2. The van der Waals surface area contributed by atoms with E-state index >= 15 is 0 Å². The van der Waals surface area contributed by atoms with Crippen LogP contribution >= 0.6 is 11.3 Å². The molecule has 0 spiro atoms. The molecule has 0 saturated heterocycles. The number of para-hydroxylation sites is 1. The molecule has 176 valence electrons. The van der Waals surface area contributed by atoms with Gasteiger partial charge in [0.25, 0.3) is 11.5 Å². The number of rotatable bonds is 3. The summed E-state index contributed by atoms with van der Waals surface area (Å²) in [6.07, 6.45) is -4.55. The van der Waals surface area contributed by atoms with Crippen molar-refractivity contribution in [2.75, 3.05) is 5.32 Å². The predicted molar refractivity (Wildman–Crippen MR) is 124 cm³/mol. The van der Waals surface area contributed by atoms with E-state index in [9.17, 15) is 22.8 Å². The molecule has 1 amide bonds. The Morgan fingerprint density at radius 3 is 2.41 bits per heavy atom. The molecule has 0 aliphatic rings. The number of nitrogens with one attached hydrogen (secondary N) is 1. The van der Waals surface area contributed by atoms with Crippen molar-refractivity contribution in [3.05, 3.63) is 69.0 Å². The summed E-state index contributed by atoms with van der Waals surface area (Å²) in [5.74, 6) is -0.548. The molecule has 7 nitrogen and oxygen atoms in total. The van der Waals surface area contributed by atoms with Gasteiger partial charge in [-0.1, -0.05) is 50.3 Å². The average Bonchev–Trinajstić information content (AvgIpc) is 3.24. The van der Waals surface area contributed by atoms with Gasteiger partial charge >= 0.3 is 6.18 Å². The molecule has 4 aromatic rings. The quantitative estimate of drug-likeness (QED) is 0.438. The van der Waals surface area contributed by atoms with Crippen molar-refractivity contribution in [2.45, 2.75) is 32.4 Å². The van der Waals surface area contributed by atoms with E-state index < -0.39 is 23.2 Å². The molecule has 0 fully saturated rings. The van der Waals surface area contributed by atoms with Crippen LogP contribution < -0.4 is 10.9 Å². The lowest BCUT2D eigenvalue weighted by atomic mass is 9.98. The van der Waals surface area contributed by atoms with Crippen LogP contribution in [0.5, 0.6) is 0 Å². The summed E-state index contributed by atoms with van der Waals surface area (Å²) in [5.41, 5.74) is -1.32. The minimum absolute atomic E-state index is 0.00906. The second-order valence-corrected chi connectivity index (χ2v) is 9.67. The highest BCUT2D eigenvalue weighted by Crippen LogP contribution is 2.32. The van der Waals surface area contributed by atoms with E-state index in [0.717, 1.165) is 17.1 Å². The molecular formula is C23H20F3N5O2S. The Labute approximate surface area is 196 Å². The zero-order valence-corrected chi connectivity index (χ0v) is 19.5. The van der Waals surface area contributed by atoms with Gasteiger partial charge in [0.1, 0.15) is 10.8 Å². The first-order valence-electron chi connectivity index (χ1n) is 10.2. The Bertz CT molecular complexity index is 1470. The summed E-state index contributed by atoms with van der Waals surface area (Å²) in [7, 11) is 1.42. The number of alkyl halides is 3. The lowest BCUT2D eigenvalue weighted by Gasteiger charge is -2.13. The van der Waals surface area contributed by atoms with Crippen LogP contribution in [-0.2, 0) is 18.6 Å². The molecule has 0 unspecified atom stereocenters. The lowest BCUT2D eigenvalue weighted by molar-refractivity contribution is -0.137. The Kier molecular flexibility index (Phi) is 5.76. The zero-order valence-electron chi connectivity index (χ0n) is 18.7. The number of aromatic nitrogens is 4. The fraction of sp³-hybridized carbons (Fsp3) is 0.261. The first-order valence-corrected chi connectivity index (χ1v) is 11.0. The summed E-state index contributed by atoms with van der Waals surface area (Å²) in [6, 6.07) is 9.09. The van der Waals surface area contributed by atoms with Gasteiger partial charge in [0, 0.05) is 18.0 Å². The van der Waals surface area contributed by atoms with E-state index in [4.69, 9.17) is 0 Å². The molecule has 0 atom stereocenters. The summed E-state index contributed by atoms with van der Waals surface area (Å²) in [5, 5.41) is 12.0. The number of nitrogens with zero attached hydrogens (tertiary/aromatic N) is 4. The minimum atomic E-state index is -4.55. The molecule has 2 heterocycles. The van der Waals surface area contributed by atoms with Gasteiger partial charge in [-0.3, -0.25) is 19.5 Å². The van der Waals surface area contributed by atoms with Gasteiger partial charge in [-0.2, -0.15) is 13.2 Å². The Morgan fingerprint density at radius 2 is 1.76 bits per heavy atom. The Hall–Kier alpha value is -3.60. The molecule has 0 saturated carbocycles. The highest BCUT2D eigenvalue weighted by molar-refractivity contribution is 7.15. The van der Waals surface area contributed by atoms with Crippen LogP contribution in [0.2, 0.25) is 0 Å². The smallest absolute Gasteiger partial charge is 0.296 e. The van der Waals surface area contributed by atoms with Crippen molar-refractivity contribution in [1.82, 2.24) is 19.7 Å². The van der Waals surface area contributed by atoms with E-state index in [1.165, 1.54) is 47.2 Å². The summed E-state index contributed by atoms with van der Waals surface area (Å²) in [4.78, 5) is 30.5. The second-order valence-electron chi connectivity index (χ2n) is 8.70. The monoisotopic (exact) mass is 487 g/mol. The van der Waals surface area contributed by atoms with E-state index in [0.29, 0.717) is 0 Å². The van der Waals surface area contributed by atoms with Crippen LogP contribution in [0.4, 0.5) is 18.3 Å². The highest BCUT2D eigenvalue weighted by atomic mass is 32.1. The molecular weight excluding hydrogens is 467 g/mol. The SMILES string of the molecule is Cn1c(-c2cccc(C(F)(F)F)c2)nc2c(C(=O)Nc3nnc(C(C)(C)C)s3)cccc2c1=O. The van der Waals surface area contributed by atoms with Gasteiger partial charge in [0.15, 0.2) is 0 Å². The van der Waals surface area contributed by atoms with Crippen molar-refractivity contribution < 1.29 is 18.0 Å². The summed E-state index contributed by atoms with van der Waals surface area (Å²) in [6.45, 7) is 5.91. The number of carbonyl (C=O) groups is 1. The molecule has 34 heavy (non-hydrogen) atoms. The number of carbonyl (C=O) groups excluding carboxylic acids is 1. The first kappa shape index (κ1) is 23.6. The number of halogens is 3. The second kappa shape index (κ2) is 8.32. The largest absolute Gasteiger partial charge is 0.416 e. The predicted octanol–water partition coefficient (Wildman–Crippen LogP) is 5.02. The summed E-state index contributed by atoms with van der Waals surface area (Å²) >= 11 is 1.23. The Balaban J connectivity index is 1.81. The van der Waals surface area contributed by atoms with Crippen LogP contribution in [-0.4, -0.2) is 25.7 Å². The van der Waals surface area contributed by atoms with Gasteiger partial charge in [-0.25, -0.2) is 4.98 Å². The molecule has 2 aromatic heterocycles. The fourth-order valence-corrected chi connectivity index (χ4v) is 4.11. The van der Waals surface area contributed by atoms with Gasteiger partial charge in [-0.15, -0.1) is 10.2 Å². The maximum absolute atomic E-state index is 13.2. The van der Waals surface area contributed by atoms with E-state index in [2.05, 4.69) is 20.5 Å². The van der Waals surface area contributed by atoms with Crippen molar-refractivity contribution in [3.8, 4) is 11.4 Å². The molecule has 1 N–H and O–H groups in total. The van der Waals surface area contributed by atoms with Crippen LogP contribution in [0.25, 0.3) is 22.3 Å². The highest BCUT2D eigenvalue weighted by Gasteiger charge is 2.31. The molecule has 0 aliphatic heterocycles. The minimum Gasteiger partial charge on any atom is -0.296 e. The number of benzene rings is 2. The molecule has 4 rings (SSSR count). The van der Waals surface area contributed by atoms with Crippen molar-refractivity contribution in [3.63, 3.8) is 0 Å². The normalized spacial score (nSPS) is 12.2. The third kappa shape index (κ3) is 4.43. The third-order valence-corrected chi connectivity index (χ3v) is 6.35. The van der Waals surface area contributed by atoms with Crippen LogP contribution in [0, 0.1) is 0 Å². The first-order chi connectivity index (χ1) is 15.9. The topological polar surface area (TPSA) is 89.8 Å². The molecule has 0 aliphatic carbocycles. The number of anilines is 1. The Morgan fingerprint density at radius 1 is 1.06 bits per heavy atom. The van der Waals surface area contributed by atoms with E-state index in [-0.39, 0.29) is 38.4 Å². The lowest BCUT2D eigenvalue weighted by Crippen LogP contribution is -2.22. The standard InChI is InChI=1S/C23H20F3N5O2S/c1-22(2,3)20-29-30-21(34-20)28-18(32)14-9-6-10-15-16(14)27-17(31(4)19(15)33)12-7-5-8-13(11-12)23(24,25)26/h5-11H,1-4H3,(H,28,30,32). The van der Waals surface area contributed by atoms with Crippen molar-refractivity contribution in [1.29, 1.82) is 0 Å². The van der Waals surface area contributed by atoms with Crippen molar-refractivity contribution in [2.24, 2.45) is 7.05 Å². The maximum Gasteiger partial charge on any atom is 0.416 e. The van der Waals surface area contributed by atoms with Gasteiger partial charge < -0.3 is 0 Å². The van der Waals surface area contributed by atoms with Gasteiger partial charge in [0.2, 0.25) is 5.13 Å². The zero-order chi connectivity index (χ0) is 24.8. The van der Waals surface area contributed by atoms with Crippen LogP contribution in [0.3, 0.4) is 0 Å². The number of hydrogen-bond acceptors (Lipinski definition) is 6. The van der Waals surface area contributed by atoms with E-state index in [1.807, 2.05) is 20.8 Å². The van der Waals surface area contributed by atoms with Crippen LogP contribution in [0.15, 0.2) is 47.3 Å². The molecule has 2 aromatic carbocycles. The molecule has 0 bridgehead atoms. The van der Waals surface area contributed by atoms with Gasteiger partial charge in [0.05, 0.1) is 22.0 Å². The number of fused-ring (bicyclic) bond motifs is 1. The number of amides is 1. The fourth-order valence-electron chi connectivity index (χ4n) is 3.31.